The van der Waals surface area contributed by atoms with E-state index >= 15 is 0 Å². The Labute approximate surface area is 80.8 Å². The van der Waals surface area contributed by atoms with Crippen LogP contribution in [0.4, 0.5) is 0 Å². The largest absolute Gasteiger partial charge is 0.346 e. The summed E-state index contributed by atoms with van der Waals surface area (Å²) in [6, 6.07) is 0. The van der Waals surface area contributed by atoms with Crippen molar-refractivity contribution in [2.45, 2.75) is 32.9 Å². The SMILES string of the molecule is [CH2-]C.[CH2-]PC(C)(C)C.[Hf]. The molecule has 0 aliphatic rings. The molecular formula is C7H17HfP-2. The third kappa shape index (κ3) is 26.8. The minimum Gasteiger partial charge on any atom is -0.346 e. The van der Waals surface area contributed by atoms with Crippen molar-refractivity contribution < 1.29 is 25.8 Å². The fourth-order valence-corrected chi connectivity index (χ4v) is 0. The van der Waals surface area contributed by atoms with Gasteiger partial charge in [0.2, 0.25) is 0 Å². The maximum absolute atomic E-state index is 3.78. The van der Waals surface area contributed by atoms with Crippen LogP contribution in [0.1, 0.15) is 27.7 Å². The molecule has 0 aromatic heterocycles. The predicted octanol–water partition coefficient (Wildman–Crippen LogP) is 3.09. The Morgan fingerprint density at radius 1 is 1.11 bits per heavy atom. The number of rotatable bonds is 0. The van der Waals surface area contributed by atoms with Crippen molar-refractivity contribution in [1.29, 1.82) is 0 Å². The topological polar surface area (TPSA) is 0 Å². The smallest absolute Gasteiger partial charge is 0 e. The van der Waals surface area contributed by atoms with Gasteiger partial charge in [0.15, 0.2) is 0 Å². The molecule has 0 spiro atoms. The van der Waals surface area contributed by atoms with Crippen LogP contribution in [0.25, 0.3) is 0 Å². The maximum atomic E-state index is 3.78. The van der Waals surface area contributed by atoms with Gasteiger partial charge in [0.1, 0.15) is 0 Å². The van der Waals surface area contributed by atoms with Crippen LogP contribution < -0.4 is 0 Å². The van der Waals surface area contributed by atoms with Gasteiger partial charge in [-0.2, -0.15) is 6.92 Å². The molecule has 1 atom stereocenters. The Bertz CT molecular complexity index is 38.7. The van der Waals surface area contributed by atoms with E-state index in [4.69, 9.17) is 0 Å². The molecule has 0 fully saturated rings. The molecule has 0 amide bonds. The van der Waals surface area contributed by atoms with Crippen LogP contribution in [0.2, 0.25) is 0 Å². The van der Waals surface area contributed by atoms with E-state index in [0.717, 1.165) is 8.58 Å². The third-order valence-corrected chi connectivity index (χ3v) is 1.59. The zero-order valence-corrected chi connectivity index (χ0v) is 11.5. The van der Waals surface area contributed by atoms with Crippen LogP contribution in [0.3, 0.4) is 0 Å². The van der Waals surface area contributed by atoms with Gasteiger partial charge in [0, 0.05) is 25.8 Å². The second kappa shape index (κ2) is 9.30. The monoisotopic (exact) mass is 312 g/mol. The van der Waals surface area contributed by atoms with Crippen LogP contribution in [-0.2, 0) is 25.8 Å². The summed E-state index contributed by atoms with van der Waals surface area (Å²) in [5.41, 5.74) is 0. The van der Waals surface area contributed by atoms with E-state index in [2.05, 4.69) is 34.4 Å². The average Bonchev–Trinajstić information content (AvgIpc) is 1.71. The van der Waals surface area contributed by atoms with Crippen molar-refractivity contribution in [1.82, 2.24) is 0 Å². The van der Waals surface area contributed by atoms with E-state index in [0.29, 0.717) is 5.16 Å². The van der Waals surface area contributed by atoms with E-state index in [1.807, 2.05) is 0 Å². The summed E-state index contributed by atoms with van der Waals surface area (Å²) in [6.07, 6.45) is 0. The van der Waals surface area contributed by atoms with E-state index in [1.165, 1.54) is 0 Å². The summed E-state index contributed by atoms with van der Waals surface area (Å²) < 4.78 is 0. The number of hydrogen-bond donors (Lipinski definition) is 0. The Balaban J connectivity index is -0.000000109. The van der Waals surface area contributed by atoms with Gasteiger partial charge in [0.25, 0.3) is 0 Å². The van der Waals surface area contributed by atoms with Crippen molar-refractivity contribution in [2.24, 2.45) is 0 Å². The van der Waals surface area contributed by atoms with E-state index in [1.54, 1.807) is 6.92 Å². The molecule has 0 saturated heterocycles. The van der Waals surface area contributed by atoms with Crippen molar-refractivity contribution in [3.8, 4) is 0 Å². The maximum Gasteiger partial charge on any atom is 0 e. The van der Waals surface area contributed by atoms with Crippen LogP contribution >= 0.6 is 8.58 Å². The first kappa shape index (κ1) is 16.7. The van der Waals surface area contributed by atoms with Crippen molar-refractivity contribution >= 4 is 8.58 Å². The molecule has 9 heavy (non-hydrogen) atoms. The molecule has 0 bridgehead atoms. The summed E-state index contributed by atoms with van der Waals surface area (Å²) in [5, 5.41) is 0.458. The summed E-state index contributed by atoms with van der Waals surface area (Å²) in [7, 11) is 0.817. The van der Waals surface area contributed by atoms with Gasteiger partial charge >= 0.3 is 0 Å². The molecule has 0 heterocycles. The van der Waals surface area contributed by atoms with Crippen LogP contribution in [0, 0.1) is 13.6 Å². The zero-order valence-electron chi connectivity index (χ0n) is 6.91. The molecule has 0 rings (SSSR count). The van der Waals surface area contributed by atoms with Gasteiger partial charge in [-0.25, -0.2) is 0 Å². The molecule has 0 saturated carbocycles. The Hall–Kier alpha value is 1.30. The molecule has 0 radical (unpaired) electrons. The van der Waals surface area contributed by atoms with Crippen molar-refractivity contribution in [3.63, 3.8) is 0 Å². The summed E-state index contributed by atoms with van der Waals surface area (Å²) in [5.74, 6) is 0. The van der Waals surface area contributed by atoms with Crippen molar-refractivity contribution in [2.75, 3.05) is 0 Å². The van der Waals surface area contributed by atoms with E-state index < -0.39 is 0 Å². The molecule has 2 heteroatoms. The first-order valence-electron chi connectivity index (χ1n) is 2.81. The molecule has 0 aliphatic heterocycles. The normalized spacial score (nSPS) is 10.0. The average molecular weight is 311 g/mol. The molecule has 56 valence electrons. The van der Waals surface area contributed by atoms with Gasteiger partial charge in [-0.05, 0) is 5.16 Å². The van der Waals surface area contributed by atoms with Gasteiger partial charge in [0.05, 0.1) is 0 Å². The Morgan fingerprint density at radius 3 is 1.22 bits per heavy atom. The number of hydrogen-bond acceptors (Lipinski definition) is 0. The van der Waals surface area contributed by atoms with Gasteiger partial charge in [-0.15, -0.1) is 0 Å². The fraction of sp³-hybridized carbons (Fsp3) is 0.714. The fourth-order valence-electron chi connectivity index (χ4n) is 0. The van der Waals surface area contributed by atoms with Gasteiger partial charge in [-0.3, -0.25) is 8.58 Å². The Morgan fingerprint density at radius 2 is 1.22 bits per heavy atom. The molecule has 0 aromatic carbocycles. The van der Waals surface area contributed by atoms with Crippen LogP contribution in [0.5, 0.6) is 0 Å². The zero-order chi connectivity index (χ0) is 7.21. The van der Waals surface area contributed by atoms with Crippen molar-refractivity contribution in [3.05, 3.63) is 13.6 Å². The first-order chi connectivity index (χ1) is 3.56. The molecular weight excluding hydrogens is 294 g/mol. The molecule has 0 aliphatic carbocycles. The molecule has 0 aromatic rings. The van der Waals surface area contributed by atoms with E-state index in [-0.39, 0.29) is 25.8 Å². The molecule has 0 N–H and O–H groups in total. The second-order valence-electron chi connectivity index (χ2n) is 2.43. The van der Waals surface area contributed by atoms with Gasteiger partial charge in [-0.1, -0.05) is 20.8 Å². The first-order valence-corrected chi connectivity index (χ1v) is 4.02. The van der Waals surface area contributed by atoms with Crippen LogP contribution in [-0.4, -0.2) is 5.16 Å². The van der Waals surface area contributed by atoms with Crippen LogP contribution in [0.15, 0.2) is 0 Å². The minimum absolute atomic E-state index is 0. The second-order valence-corrected chi connectivity index (χ2v) is 4.28. The summed E-state index contributed by atoms with van der Waals surface area (Å²) in [4.78, 5) is 0. The quantitative estimate of drug-likeness (QED) is 0.366. The summed E-state index contributed by atoms with van der Waals surface area (Å²) in [6.45, 7) is 15.4. The standard InChI is InChI=1S/C5H12P.C2H5.Hf/c1-5(2,3)6-4;1-2;/h6H,4H2,1-3H3;1H2,2H3;/q2*-1;. The minimum atomic E-state index is 0. The molecule has 0 nitrogen and oxygen atoms in total. The third-order valence-electron chi connectivity index (χ3n) is 0.530. The molecule has 1 unspecified atom stereocenters. The predicted molar refractivity (Wildman–Crippen MR) is 44.5 cm³/mol. The van der Waals surface area contributed by atoms with E-state index in [9.17, 15) is 0 Å². The van der Waals surface area contributed by atoms with Gasteiger partial charge < -0.3 is 13.6 Å². The summed E-state index contributed by atoms with van der Waals surface area (Å²) >= 11 is 0. The Kier molecular flexibility index (Phi) is 17.3.